The summed E-state index contributed by atoms with van der Waals surface area (Å²) in [4.78, 5) is 26.1. The zero-order valence-corrected chi connectivity index (χ0v) is 8.41. The zero-order valence-electron chi connectivity index (χ0n) is 8.41. The largest absolute Gasteiger partial charge is 0.333 e. The van der Waals surface area contributed by atoms with Crippen LogP contribution >= 0.6 is 0 Å². The average molecular weight is 184 g/mol. The summed E-state index contributed by atoms with van der Waals surface area (Å²) >= 11 is 0. The Morgan fingerprint density at radius 1 is 1.23 bits per heavy atom. The molecule has 4 heteroatoms. The molecule has 0 aliphatic carbocycles. The summed E-state index contributed by atoms with van der Waals surface area (Å²) in [5, 5.41) is 0. The van der Waals surface area contributed by atoms with Crippen LogP contribution in [-0.2, 0) is 9.59 Å². The molecular weight excluding hydrogens is 168 g/mol. The van der Waals surface area contributed by atoms with E-state index in [0.717, 1.165) is 0 Å². The van der Waals surface area contributed by atoms with Crippen molar-refractivity contribution in [3.8, 4) is 0 Å². The number of nitrogens with zero attached hydrogens (tertiary/aromatic N) is 2. The number of carbonyl (C=O) groups excluding carboxylic acids is 2. The summed E-state index contributed by atoms with van der Waals surface area (Å²) in [7, 11) is 0. The van der Waals surface area contributed by atoms with Gasteiger partial charge in [0.15, 0.2) is 0 Å². The van der Waals surface area contributed by atoms with Crippen LogP contribution in [0, 0.1) is 0 Å². The second-order valence-electron chi connectivity index (χ2n) is 3.48. The lowest BCUT2D eigenvalue weighted by atomic mass is 10.2. The summed E-state index contributed by atoms with van der Waals surface area (Å²) in [5.74, 6) is -0.717. The number of carbonyl (C=O) groups is 2. The molecular formula is C9H16N2O2. The van der Waals surface area contributed by atoms with E-state index in [0.29, 0.717) is 19.6 Å². The average Bonchev–Trinajstić information content (AvgIpc) is 2.09. The smallest absolute Gasteiger partial charge is 0.312 e. The molecule has 0 bridgehead atoms. The quantitative estimate of drug-likeness (QED) is 0.570. The van der Waals surface area contributed by atoms with Gasteiger partial charge in [0.2, 0.25) is 0 Å². The van der Waals surface area contributed by atoms with Crippen LogP contribution in [0.5, 0.6) is 0 Å². The van der Waals surface area contributed by atoms with E-state index < -0.39 is 0 Å². The van der Waals surface area contributed by atoms with Gasteiger partial charge in [0.05, 0.1) is 0 Å². The van der Waals surface area contributed by atoms with Gasteiger partial charge in [0, 0.05) is 25.7 Å². The number of piperazine rings is 1. The molecule has 0 saturated carbocycles. The van der Waals surface area contributed by atoms with Crippen LogP contribution in [-0.4, -0.2) is 47.3 Å². The minimum absolute atomic E-state index is 0.121. The Morgan fingerprint density at radius 2 is 1.85 bits per heavy atom. The van der Waals surface area contributed by atoms with Crippen LogP contribution in [0.2, 0.25) is 0 Å². The molecule has 0 atom stereocenters. The maximum Gasteiger partial charge on any atom is 0.312 e. The van der Waals surface area contributed by atoms with Crippen molar-refractivity contribution in [1.82, 2.24) is 9.80 Å². The first-order chi connectivity index (χ1) is 6.07. The number of hydrogen-bond acceptors (Lipinski definition) is 2. The summed E-state index contributed by atoms with van der Waals surface area (Å²) in [6, 6.07) is 0.121. The van der Waals surface area contributed by atoms with Crippen LogP contribution in [0.25, 0.3) is 0 Å². The first kappa shape index (κ1) is 10.0. The maximum atomic E-state index is 11.5. The topological polar surface area (TPSA) is 40.6 Å². The van der Waals surface area contributed by atoms with Crippen LogP contribution in [0.4, 0.5) is 0 Å². The van der Waals surface area contributed by atoms with Gasteiger partial charge in [-0.25, -0.2) is 0 Å². The van der Waals surface area contributed by atoms with E-state index in [1.807, 2.05) is 20.8 Å². The molecule has 13 heavy (non-hydrogen) atoms. The SMILES string of the molecule is CCN1CCN(C(C)C)C(=O)C1=O. The van der Waals surface area contributed by atoms with Gasteiger partial charge in [-0.3, -0.25) is 9.59 Å². The first-order valence-corrected chi connectivity index (χ1v) is 4.67. The van der Waals surface area contributed by atoms with Gasteiger partial charge in [-0.2, -0.15) is 0 Å². The Bertz CT molecular complexity index is 226. The number of rotatable bonds is 2. The Labute approximate surface area is 78.5 Å². The molecule has 74 valence electrons. The van der Waals surface area contributed by atoms with Crippen molar-refractivity contribution in [2.24, 2.45) is 0 Å². The van der Waals surface area contributed by atoms with Crippen molar-refractivity contribution in [1.29, 1.82) is 0 Å². The van der Waals surface area contributed by atoms with Gasteiger partial charge in [-0.05, 0) is 20.8 Å². The fourth-order valence-electron chi connectivity index (χ4n) is 1.48. The molecule has 1 saturated heterocycles. The molecule has 1 fully saturated rings. The molecule has 1 heterocycles. The van der Waals surface area contributed by atoms with Crippen LogP contribution in [0.15, 0.2) is 0 Å². The van der Waals surface area contributed by atoms with Crippen molar-refractivity contribution >= 4 is 11.8 Å². The predicted molar refractivity (Wildman–Crippen MR) is 49.1 cm³/mol. The lowest BCUT2D eigenvalue weighted by Crippen LogP contribution is -2.56. The highest BCUT2D eigenvalue weighted by molar-refractivity contribution is 6.35. The Balaban J connectivity index is 2.70. The second kappa shape index (κ2) is 3.77. The minimum Gasteiger partial charge on any atom is -0.333 e. The number of likely N-dealkylation sites (N-methyl/N-ethyl adjacent to an activating group) is 1. The molecule has 0 aromatic rings. The standard InChI is InChI=1S/C9H16N2O2/c1-4-10-5-6-11(7(2)3)9(13)8(10)12/h7H,4-6H2,1-3H3. The van der Waals surface area contributed by atoms with E-state index in [2.05, 4.69) is 0 Å². The molecule has 0 radical (unpaired) electrons. The van der Waals surface area contributed by atoms with E-state index in [9.17, 15) is 9.59 Å². The molecule has 0 unspecified atom stereocenters. The van der Waals surface area contributed by atoms with E-state index in [4.69, 9.17) is 0 Å². The summed E-state index contributed by atoms with van der Waals surface area (Å²) in [5.41, 5.74) is 0. The van der Waals surface area contributed by atoms with Crippen molar-refractivity contribution in [2.45, 2.75) is 26.8 Å². The van der Waals surface area contributed by atoms with E-state index >= 15 is 0 Å². The van der Waals surface area contributed by atoms with Gasteiger partial charge in [-0.1, -0.05) is 0 Å². The summed E-state index contributed by atoms with van der Waals surface area (Å²) in [6.45, 7) is 7.68. The fourth-order valence-corrected chi connectivity index (χ4v) is 1.48. The predicted octanol–water partition coefficient (Wildman–Crippen LogP) is 0.0855. The van der Waals surface area contributed by atoms with Crippen molar-refractivity contribution in [3.63, 3.8) is 0 Å². The van der Waals surface area contributed by atoms with Crippen molar-refractivity contribution in [3.05, 3.63) is 0 Å². The van der Waals surface area contributed by atoms with Gasteiger partial charge >= 0.3 is 11.8 Å². The van der Waals surface area contributed by atoms with E-state index in [-0.39, 0.29) is 17.9 Å². The summed E-state index contributed by atoms with van der Waals surface area (Å²) < 4.78 is 0. The molecule has 1 rings (SSSR count). The fraction of sp³-hybridized carbons (Fsp3) is 0.778. The van der Waals surface area contributed by atoms with Crippen LogP contribution in [0.3, 0.4) is 0 Å². The van der Waals surface area contributed by atoms with Gasteiger partial charge in [0.25, 0.3) is 0 Å². The Kier molecular flexibility index (Phi) is 2.90. The number of hydrogen-bond donors (Lipinski definition) is 0. The van der Waals surface area contributed by atoms with Crippen molar-refractivity contribution < 1.29 is 9.59 Å². The molecule has 1 aliphatic heterocycles. The third-order valence-electron chi connectivity index (χ3n) is 2.35. The second-order valence-corrected chi connectivity index (χ2v) is 3.48. The van der Waals surface area contributed by atoms with Gasteiger partial charge in [-0.15, -0.1) is 0 Å². The third-order valence-corrected chi connectivity index (χ3v) is 2.35. The Hall–Kier alpha value is -1.06. The minimum atomic E-state index is -0.359. The van der Waals surface area contributed by atoms with Gasteiger partial charge in [0.1, 0.15) is 0 Å². The molecule has 0 aromatic heterocycles. The molecule has 1 aliphatic rings. The van der Waals surface area contributed by atoms with Gasteiger partial charge < -0.3 is 9.80 Å². The van der Waals surface area contributed by atoms with Crippen LogP contribution in [0.1, 0.15) is 20.8 Å². The number of amides is 2. The lowest BCUT2D eigenvalue weighted by Gasteiger charge is -2.35. The van der Waals surface area contributed by atoms with E-state index in [1.165, 1.54) is 0 Å². The van der Waals surface area contributed by atoms with Crippen LogP contribution < -0.4 is 0 Å². The zero-order chi connectivity index (χ0) is 10.0. The normalized spacial score (nSPS) is 18.8. The summed E-state index contributed by atoms with van der Waals surface area (Å²) in [6.07, 6.45) is 0. The molecule has 0 N–H and O–H groups in total. The van der Waals surface area contributed by atoms with E-state index in [1.54, 1.807) is 9.80 Å². The maximum absolute atomic E-state index is 11.5. The van der Waals surface area contributed by atoms with Crippen molar-refractivity contribution in [2.75, 3.05) is 19.6 Å². The third kappa shape index (κ3) is 1.82. The highest BCUT2D eigenvalue weighted by atomic mass is 16.2. The molecule has 0 aromatic carbocycles. The highest BCUT2D eigenvalue weighted by Crippen LogP contribution is 2.07. The lowest BCUT2D eigenvalue weighted by molar-refractivity contribution is -0.157. The first-order valence-electron chi connectivity index (χ1n) is 4.67. The monoisotopic (exact) mass is 184 g/mol. The Morgan fingerprint density at radius 3 is 2.31 bits per heavy atom. The highest BCUT2D eigenvalue weighted by Gasteiger charge is 2.32. The molecule has 0 spiro atoms. The molecule has 2 amide bonds. The molecule has 4 nitrogen and oxygen atoms in total.